The number of likely N-dealkylation sites (N-methyl/N-ethyl adjacent to an activating group) is 1. The minimum absolute atomic E-state index is 0.0838. The van der Waals surface area contributed by atoms with Crippen molar-refractivity contribution in [2.24, 2.45) is 5.92 Å². The average Bonchev–Trinajstić information content (AvgIpc) is 2.92. The average molecular weight is 362 g/mol. The van der Waals surface area contributed by atoms with Crippen LogP contribution < -0.4 is 4.74 Å². The first kappa shape index (κ1) is 18.7. The summed E-state index contributed by atoms with van der Waals surface area (Å²) in [4.78, 5) is 28.6. The van der Waals surface area contributed by atoms with Crippen molar-refractivity contribution >= 4 is 11.9 Å². The van der Waals surface area contributed by atoms with Gasteiger partial charge in [0.05, 0.1) is 19.1 Å². The minimum atomic E-state index is -1.07. The van der Waals surface area contributed by atoms with E-state index in [0.717, 1.165) is 5.56 Å². The van der Waals surface area contributed by atoms with Crippen LogP contribution in [0.1, 0.15) is 31.4 Å². The number of methoxy groups -OCH3 is 1. The molecule has 2 aliphatic rings. The highest BCUT2D eigenvalue weighted by Crippen LogP contribution is 2.48. The highest BCUT2D eigenvalue weighted by molar-refractivity contribution is 5.86. The molecular weight excluding hydrogens is 336 g/mol. The van der Waals surface area contributed by atoms with Gasteiger partial charge in [-0.15, -0.1) is 0 Å². The molecule has 26 heavy (non-hydrogen) atoms. The zero-order chi connectivity index (χ0) is 19.1. The first-order valence-corrected chi connectivity index (χ1v) is 8.91. The molecule has 0 spiro atoms. The maximum atomic E-state index is 13.0. The van der Waals surface area contributed by atoms with Crippen molar-refractivity contribution in [3.63, 3.8) is 0 Å². The van der Waals surface area contributed by atoms with Gasteiger partial charge < -0.3 is 19.8 Å². The van der Waals surface area contributed by atoms with Crippen LogP contribution in [0.25, 0.3) is 0 Å². The fourth-order valence-electron chi connectivity index (χ4n) is 4.29. The molecule has 0 unspecified atom stereocenters. The predicted molar refractivity (Wildman–Crippen MR) is 94.8 cm³/mol. The lowest BCUT2D eigenvalue weighted by atomic mass is 9.86. The van der Waals surface area contributed by atoms with Crippen molar-refractivity contribution in [1.29, 1.82) is 0 Å². The standard InChI is InChI=1S/C19H26N2O5/c1-4-19(18(24)25)9-15(17(23)21-10-13(22)11-21)16(20(19)2)12-5-7-14(26-3)8-6-12/h5-8,13,15-16,22H,4,9-11H2,1-3H3,(H,24,25)/t15-,16-,19-/m1/s1. The summed E-state index contributed by atoms with van der Waals surface area (Å²) in [5.41, 5.74) is -0.182. The number of hydrogen-bond acceptors (Lipinski definition) is 5. The van der Waals surface area contributed by atoms with Crippen molar-refractivity contribution in [3.8, 4) is 5.75 Å². The van der Waals surface area contributed by atoms with E-state index in [1.54, 1.807) is 19.1 Å². The molecule has 1 aromatic carbocycles. The number of amides is 1. The van der Waals surface area contributed by atoms with E-state index in [9.17, 15) is 19.8 Å². The normalized spacial score (nSPS) is 29.5. The number of carbonyl (C=O) groups is 2. The molecule has 2 saturated heterocycles. The van der Waals surface area contributed by atoms with Gasteiger partial charge in [0.15, 0.2) is 0 Å². The molecule has 1 amide bonds. The van der Waals surface area contributed by atoms with Gasteiger partial charge in [0, 0.05) is 19.1 Å². The number of nitrogens with zero attached hydrogens (tertiary/aromatic N) is 2. The van der Waals surface area contributed by atoms with Crippen molar-refractivity contribution in [1.82, 2.24) is 9.80 Å². The van der Waals surface area contributed by atoms with Gasteiger partial charge in [0.25, 0.3) is 0 Å². The van der Waals surface area contributed by atoms with Gasteiger partial charge in [-0.05, 0) is 37.6 Å². The second-order valence-electron chi connectivity index (χ2n) is 7.23. The summed E-state index contributed by atoms with van der Waals surface area (Å²) in [5.74, 6) is -0.737. The SMILES string of the molecule is CC[C@]1(C(=O)O)C[C@@H](C(=O)N2CC(O)C2)[C@@H](c2ccc(OC)cc2)N1C. The minimum Gasteiger partial charge on any atom is -0.497 e. The number of aliphatic hydroxyl groups excluding tert-OH is 1. The lowest BCUT2D eigenvalue weighted by molar-refractivity contribution is -0.150. The maximum Gasteiger partial charge on any atom is 0.324 e. The van der Waals surface area contributed by atoms with E-state index in [0.29, 0.717) is 25.3 Å². The van der Waals surface area contributed by atoms with Gasteiger partial charge in [0.2, 0.25) is 5.91 Å². The zero-order valence-corrected chi connectivity index (χ0v) is 15.4. The Morgan fingerprint density at radius 2 is 1.88 bits per heavy atom. The number of hydrogen-bond donors (Lipinski definition) is 2. The lowest BCUT2D eigenvalue weighted by Crippen LogP contribution is -2.55. The number of carbonyl (C=O) groups excluding carboxylic acids is 1. The number of benzene rings is 1. The van der Waals surface area contributed by atoms with Crippen LogP contribution in [0, 0.1) is 5.92 Å². The second-order valence-corrected chi connectivity index (χ2v) is 7.23. The van der Waals surface area contributed by atoms with Crippen LogP contribution in [-0.2, 0) is 9.59 Å². The largest absolute Gasteiger partial charge is 0.497 e. The van der Waals surface area contributed by atoms with Crippen molar-refractivity contribution in [3.05, 3.63) is 29.8 Å². The summed E-state index contributed by atoms with van der Waals surface area (Å²) >= 11 is 0. The molecule has 0 bridgehead atoms. The van der Waals surface area contributed by atoms with E-state index in [2.05, 4.69) is 0 Å². The molecule has 0 aliphatic carbocycles. The Morgan fingerprint density at radius 3 is 2.35 bits per heavy atom. The van der Waals surface area contributed by atoms with Gasteiger partial charge >= 0.3 is 5.97 Å². The number of rotatable bonds is 5. The predicted octanol–water partition coefficient (Wildman–Crippen LogP) is 1.12. The number of carboxylic acids is 1. The number of aliphatic carboxylic acids is 1. The third-order valence-electron chi connectivity index (χ3n) is 5.96. The van der Waals surface area contributed by atoms with Gasteiger partial charge in [-0.3, -0.25) is 14.5 Å². The number of ether oxygens (including phenoxy) is 1. The molecule has 142 valence electrons. The Morgan fingerprint density at radius 1 is 1.27 bits per heavy atom. The fourth-order valence-corrected chi connectivity index (χ4v) is 4.29. The van der Waals surface area contributed by atoms with Crippen LogP contribution in [0.4, 0.5) is 0 Å². The number of likely N-dealkylation sites (tertiary alicyclic amines) is 2. The molecule has 3 atom stereocenters. The van der Waals surface area contributed by atoms with Gasteiger partial charge in [0.1, 0.15) is 11.3 Å². The smallest absolute Gasteiger partial charge is 0.324 e. The van der Waals surface area contributed by atoms with Crippen LogP contribution in [0.15, 0.2) is 24.3 Å². The monoisotopic (exact) mass is 362 g/mol. The number of carboxylic acid groups (broad SMARTS) is 1. The van der Waals surface area contributed by atoms with Crippen molar-refractivity contribution in [2.45, 2.75) is 37.5 Å². The van der Waals surface area contributed by atoms with Crippen LogP contribution in [-0.4, -0.2) is 70.8 Å². The third kappa shape index (κ3) is 2.85. The first-order chi connectivity index (χ1) is 12.3. The van der Waals surface area contributed by atoms with Crippen LogP contribution in [0.3, 0.4) is 0 Å². The summed E-state index contributed by atoms with van der Waals surface area (Å²) in [6.07, 6.45) is 0.197. The molecule has 0 saturated carbocycles. The highest BCUT2D eigenvalue weighted by atomic mass is 16.5. The van der Waals surface area contributed by atoms with Crippen LogP contribution in [0.5, 0.6) is 5.75 Å². The molecule has 7 nitrogen and oxygen atoms in total. The number of aliphatic hydroxyl groups is 1. The summed E-state index contributed by atoms with van der Waals surface area (Å²) in [6, 6.07) is 7.09. The molecular formula is C19H26N2O5. The highest BCUT2D eigenvalue weighted by Gasteiger charge is 2.57. The maximum absolute atomic E-state index is 13.0. The molecule has 2 fully saturated rings. The van der Waals surface area contributed by atoms with E-state index in [1.165, 1.54) is 0 Å². The third-order valence-corrected chi connectivity index (χ3v) is 5.96. The Bertz CT molecular complexity index is 686. The van der Waals surface area contributed by atoms with E-state index in [1.807, 2.05) is 36.1 Å². The van der Waals surface area contributed by atoms with Crippen molar-refractivity contribution in [2.75, 3.05) is 27.2 Å². The summed E-state index contributed by atoms with van der Waals surface area (Å²) in [7, 11) is 3.37. The molecule has 7 heteroatoms. The van der Waals surface area contributed by atoms with E-state index in [-0.39, 0.29) is 18.4 Å². The van der Waals surface area contributed by atoms with E-state index < -0.39 is 23.5 Å². The molecule has 2 aliphatic heterocycles. The van der Waals surface area contributed by atoms with Gasteiger partial charge in [-0.25, -0.2) is 0 Å². The molecule has 2 heterocycles. The topological polar surface area (TPSA) is 90.3 Å². The lowest BCUT2D eigenvalue weighted by Gasteiger charge is -2.39. The quantitative estimate of drug-likeness (QED) is 0.816. The molecule has 0 aromatic heterocycles. The Hall–Kier alpha value is -2.12. The Kier molecular flexibility index (Phi) is 4.94. The Labute approximate surface area is 153 Å². The zero-order valence-electron chi connectivity index (χ0n) is 15.4. The molecule has 3 rings (SSSR count). The Balaban J connectivity index is 1.97. The fraction of sp³-hybridized carbons (Fsp3) is 0.579. The van der Waals surface area contributed by atoms with Crippen LogP contribution >= 0.6 is 0 Å². The summed E-state index contributed by atoms with van der Waals surface area (Å²) in [5, 5.41) is 19.4. The second kappa shape index (κ2) is 6.89. The van der Waals surface area contributed by atoms with Crippen molar-refractivity contribution < 1.29 is 24.5 Å². The van der Waals surface area contributed by atoms with Gasteiger partial charge in [-0.1, -0.05) is 19.1 Å². The number of β-amino-alcohol motifs (C(OH)–C–C–N with tert-alkyl or cyclic N) is 1. The van der Waals surface area contributed by atoms with Gasteiger partial charge in [-0.2, -0.15) is 0 Å². The van der Waals surface area contributed by atoms with E-state index >= 15 is 0 Å². The molecule has 0 radical (unpaired) electrons. The summed E-state index contributed by atoms with van der Waals surface area (Å²) < 4.78 is 5.20. The van der Waals surface area contributed by atoms with E-state index in [4.69, 9.17) is 4.74 Å². The van der Waals surface area contributed by atoms with Crippen LogP contribution in [0.2, 0.25) is 0 Å². The molecule has 1 aromatic rings. The summed E-state index contributed by atoms with van der Waals surface area (Å²) in [6.45, 7) is 2.48. The molecule has 2 N–H and O–H groups in total. The first-order valence-electron chi connectivity index (χ1n) is 8.91.